The number of nitrogens with one attached hydrogen (secondary N) is 1. The summed E-state index contributed by atoms with van der Waals surface area (Å²) in [6.07, 6.45) is 7.73. The van der Waals surface area contributed by atoms with E-state index >= 15 is 0 Å². The van der Waals surface area contributed by atoms with Gasteiger partial charge in [0.15, 0.2) is 0 Å². The fourth-order valence-corrected chi connectivity index (χ4v) is 5.62. The molecule has 1 saturated carbocycles. The van der Waals surface area contributed by atoms with Crippen LogP contribution in [-0.4, -0.2) is 32.9 Å². The van der Waals surface area contributed by atoms with Crippen LogP contribution in [0.25, 0.3) is 11.3 Å². The van der Waals surface area contributed by atoms with Crippen LogP contribution in [0.2, 0.25) is 0 Å². The third kappa shape index (κ3) is 4.69. The fourth-order valence-electron chi connectivity index (χ4n) is 5.62. The summed E-state index contributed by atoms with van der Waals surface area (Å²) in [6.45, 7) is 2.16. The molecule has 188 valence electrons. The molecular formula is C30H34FN3O2. The van der Waals surface area contributed by atoms with Crippen molar-refractivity contribution in [3.05, 3.63) is 83.8 Å². The predicted octanol–water partition coefficient (Wildman–Crippen LogP) is 5.94. The van der Waals surface area contributed by atoms with Gasteiger partial charge in [-0.15, -0.1) is 0 Å². The maximum Gasteiger partial charge on any atom is 0.271 e. The van der Waals surface area contributed by atoms with Crippen molar-refractivity contribution < 1.29 is 14.0 Å². The first-order valence-corrected chi connectivity index (χ1v) is 13.1. The number of hydrogen-bond donors (Lipinski definition) is 1. The van der Waals surface area contributed by atoms with E-state index in [1.807, 2.05) is 54.0 Å². The first kappa shape index (κ1) is 24.3. The van der Waals surface area contributed by atoms with Gasteiger partial charge in [-0.1, -0.05) is 80.6 Å². The summed E-state index contributed by atoms with van der Waals surface area (Å²) in [5, 5.41) is 3.29. The smallest absolute Gasteiger partial charge is 0.271 e. The Morgan fingerprint density at radius 3 is 2.28 bits per heavy atom. The lowest BCUT2D eigenvalue weighted by molar-refractivity contribution is -0.134. The van der Waals surface area contributed by atoms with Crippen molar-refractivity contribution in [3.8, 4) is 11.3 Å². The molecule has 5 rings (SSSR count). The summed E-state index contributed by atoms with van der Waals surface area (Å²) in [5.74, 6) is -0.808. The lowest BCUT2D eigenvalue weighted by Crippen LogP contribution is -2.64. The second-order valence-corrected chi connectivity index (χ2v) is 10.3. The zero-order valence-electron chi connectivity index (χ0n) is 20.9. The molecule has 36 heavy (non-hydrogen) atoms. The van der Waals surface area contributed by atoms with E-state index in [0.29, 0.717) is 17.8 Å². The molecule has 1 aromatic heterocycles. The van der Waals surface area contributed by atoms with Gasteiger partial charge in [-0.25, -0.2) is 4.39 Å². The van der Waals surface area contributed by atoms with Crippen LogP contribution in [0.15, 0.2) is 66.7 Å². The van der Waals surface area contributed by atoms with Gasteiger partial charge in [-0.05, 0) is 43.5 Å². The molecule has 2 heterocycles. The van der Waals surface area contributed by atoms with E-state index in [-0.39, 0.29) is 30.2 Å². The summed E-state index contributed by atoms with van der Waals surface area (Å²) < 4.78 is 16.6. The standard InChI is InChI=1S/C30H34FN3O2/c1-30(29(36)32-24-15-8-3-2-4-9-16-24)21-33-26(22-12-6-5-7-13-22)18-19-27(33)28(35)34(30)20-23-14-10-11-17-25(23)31/h5-7,10-14,17-19,24H,2-4,8-9,15-16,20-21H2,1H3,(H,32,36)/t30-/m0/s1. The van der Waals surface area contributed by atoms with E-state index in [1.165, 1.54) is 25.3 Å². The highest BCUT2D eigenvalue weighted by atomic mass is 19.1. The van der Waals surface area contributed by atoms with E-state index in [0.717, 1.165) is 36.9 Å². The van der Waals surface area contributed by atoms with Crippen LogP contribution < -0.4 is 5.32 Å². The Morgan fingerprint density at radius 2 is 1.56 bits per heavy atom. The van der Waals surface area contributed by atoms with Crippen LogP contribution >= 0.6 is 0 Å². The third-order valence-electron chi connectivity index (χ3n) is 7.79. The van der Waals surface area contributed by atoms with Crippen molar-refractivity contribution in [1.29, 1.82) is 0 Å². The molecule has 1 aliphatic heterocycles. The Labute approximate surface area is 212 Å². The van der Waals surface area contributed by atoms with Gasteiger partial charge in [0, 0.05) is 17.3 Å². The van der Waals surface area contributed by atoms with E-state index < -0.39 is 5.54 Å². The Kier molecular flexibility index (Phi) is 6.95. The number of fused-ring (bicyclic) bond motifs is 1. The number of amides is 2. The van der Waals surface area contributed by atoms with Crippen LogP contribution in [-0.2, 0) is 17.9 Å². The molecule has 0 radical (unpaired) electrons. The molecule has 5 nitrogen and oxygen atoms in total. The van der Waals surface area contributed by atoms with Gasteiger partial charge in [0.1, 0.15) is 17.1 Å². The number of nitrogens with zero attached hydrogens (tertiary/aromatic N) is 2. The minimum atomic E-state index is -1.17. The Morgan fingerprint density at radius 1 is 0.917 bits per heavy atom. The summed E-state index contributed by atoms with van der Waals surface area (Å²) in [4.78, 5) is 29.4. The third-order valence-corrected chi connectivity index (χ3v) is 7.79. The lowest BCUT2D eigenvalue weighted by Gasteiger charge is -2.45. The van der Waals surface area contributed by atoms with Crippen molar-refractivity contribution in [3.63, 3.8) is 0 Å². The number of carbonyl (C=O) groups is 2. The first-order chi connectivity index (χ1) is 17.5. The van der Waals surface area contributed by atoms with E-state index in [4.69, 9.17) is 0 Å². The zero-order chi connectivity index (χ0) is 25.1. The van der Waals surface area contributed by atoms with Crippen LogP contribution in [0.3, 0.4) is 0 Å². The first-order valence-electron chi connectivity index (χ1n) is 13.1. The molecule has 1 atom stereocenters. The molecule has 2 aliphatic rings. The lowest BCUT2D eigenvalue weighted by atomic mass is 9.91. The van der Waals surface area contributed by atoms with Crippen molar-refractivity contribution in [2.24, 2.45) is 0 Å². The van der Waals surface area contributed by atoms with E-state index in [2.05, 4.69) is 5.32 Å². The van der Waals surface area contributed by atoms with Gasteiger partial charge in [0.25, 0.3) is 5.91 Å². The SMILES string of the molecule is C[C@@]1(C(=O)NC2CCCCCCC2)Cn2c(ccc2-c2ccccc2)C(=O)N1Cc1ccccc1F. The van der Waals surface area contributed by atoms with Gasteiger partial charge in [0.05, 0.1) is 13.1 Å². The average molecular weight is 488 g/mol. The van der Waals surface area contributed by atoms with Crippen LogP contribution in [0.1, 0.15) is 67.9 Å². The molecule has 0 spiro atoms. The summed E-state index contributed by atoms with van der Waals surface area (Å²) in [5.41, 5.74) is 1.63. The quantitative estimate of drug-likeness (QED) is 0.484. The second-order valence-electron chi connectivity index (χ2n) is 10.3. The monoisotopic (exact) mass is 487 g/mol. The molecule has 0 saturated heterocycles. The van der Waals surface area contributed by atoms with Crippen LogP contribution in [0.5, 0.6) is 0 Å². The van der Waals surface area contributed by atoms with Gasteiger partial charge < -0.3 is 14.8 Å². The van der Waals surface area contributed by atoms with Crippen LogP contribution in [0.4, 0.5) is 4.39 Å². The maximum atomic E-state index is 14.7. The molecule has 1 fully saturated rings. The van der Waals surface area contributed by atoms with E-state index in [9.17, 15) is 14.0 Å². The number of aromatic nitrogens is 1. The van der Waals surface area contributed by atoms with Crippen molar-refractivity contribution in [2.45, 2.75) is 76.5 Å². The summed E-state index contributed by atoms with van der Waals surface area (Å²) in [6, 6.07) is 20.2. The van der Waals surface area contributed by atoms with Crippen molar-refractivity contribution in [1.82, 2.24) is 14.8 Å². The molecule has 1 aliphatic carbocycles. The highest BCUT2D eigenvalue weighted by Crippen LogP contribution is 2.34. The topological polar surface area (TPSA) is 54.3 Å². The molecule has 1 N–H and O–H groups in total. The van der Waals surface area contributed by atoms with Gasteiger partial charge in [0.2, 0.25) is 5.91 Å². The Bertz CT molecular complexity index is 1230. The largest absolute Gasteiger partial charge is 0.351 e. The molecule has 3 aromatic rings. The summed E-state index contributed by atoms with van der Waals surface area (Å²) >= 11 is 0. The second kappa shape index (κ2) is 10.3. The van der Waals surface area contributed by atoms with Crippen molar-refractivity contribution >= 4 is 11.8 Å². The predicted molar refractivity (Wildman–Crippen MR) is 139 cm³/mol. The minimum Gasteiger partial charge on any atom is -0.351 e. The number of benzene rings is 2. The van der Waals surface area contributed by atoms with Gasteiger partial charge in [-0.2, -0.15) is 0 Å². The average Bonchev–Trinajstić information content (AvgIpc) is 3.28. The molecule has 0 unspecified atom stereocenters. The number of hydrogen-bond acceptors (Lipinski definition) is 2. The number of halogens is 1. The fraction of sp³-hybridized carbons (Fsp3) is 0.400. The van der Waals surface area contributed by atoms with Gasteiger partial charge in [-0.3, -0.25) is 9.59 Å². The van der Waals surface area contributed by atoms with Crippen LogP contribution in [0, 0.1) is 5.82 Å². The van der Waals surface area contributed by atoms with E-state index in [1.54, 1.807) is 23.1 Å². The normalized spacial score (nSPS) is 20.9. The molecule has 2 aromatic carbocycles. The summed E-state index contributed by atoms with van der Waals surface area (Å²) in [7, 11) is 0. The molecule has 6 heteroatoms. The number of carbonyl (C=O) groups excluding carboxylic acids is 2. The highest BCUT2D eigenvalue weighted by Gasteiger charge is 2.48. The molecular weight excluding hydrogens is 453 g/mol. The van der Waals surface area contributed by atoms with Gasteiger partial charge >= 0.3 is 0 Å². The highest BCUT2D eigenvalue weighted by molar-refractivity contribution is 6.00. The molecule has 0 bridgehead atoms. The maximum absolute atomic E-state index is 14.7. The van der Waals surface area contributed by atoms with Crippen molar-refractivity contribution in [2.75, 3.05) is 0 Å². The number of rotatable bonds is 5. The Hall–Kier alpha value is -3.41. The minimum absolute atomic E-state index is 0.0337. The Balaban J connectivity index is 1.52. The molecule has 2 amide bonds. The zero-order valence-corrected chi connectivity index (χ0v) is 20.9.